The van der Waals surface area contributed by atoms with Crippen molar-refractivity contribution in [3.63, 3.8) is 0 Å². The van der Waals surface area contributed by atoms with E-state index in [4.69, 9.17) is 33.2 Å². The van der Waals surface area contributed by atoms with E-state index in [1.165, 1.54) is 7.11 Å². The normalized spacial score (nSPS) is 15.5. The number of hydrogen-bond donors (Lipinski definition) is 1. The van der Waals surface area contributed by atoms with E-state index in [9.17, 15) is 4.57 Å². The van der Waals surface area contributed by atoms with Gasteiger partial charge in [-0.2, -0.15) is 0 Å². The zero-order chi connectivity index (χ0) is 10.8. The molecular weight excluding hydrogens is 244 g/mol. The molecule has 0 fully saturated rings. The van der Waals surface area contributed by atoms with E-state index in [1.807, 2.05) is 0 Å². The lowest BCUT2D eigenvalue weighted by atomic mass is 10.2. The van der Waals surface area contributed by atoms with Crippen molar-refractivity contribution in [2.45, 2.75) is 4.84 Å². The van der Waals surface area contributed by atoms with Crippen LogP contribution in [0.3, 0.4) is 0 Å². The second-order valence-electron chi connectivity index (χ2n) is 2.67. The quantitative estimate of drug-likeness (QED) is 0.666. The van der Waals surface area contributed by atoms with Crippen LogP contribution in [0.5, 0.6) is 0 Å². The molecule has 0 saturated carbocycles. The highest BCUT2D eigenvalue weighted by Gasteiger charge is 2.18. The molecule has 0 heterocycles. The van der Waals surface area contributed by atoms with Crippen molar-refractivity contribution >= 4 is 36.0 Å². The SMILES string of the molecule is COP(N)(=O)c1ccc(C(Cl)Cl)cc1. The van der Waals surface area contributed by atoms with Crippen molar-refractivity contribution in [2.24, 2.45) is 5.50 Å². The molecule has 3 nitrogen and oxygen atoms in total. The topological polar surface area (TPSA) is 52.3 Å². The lowest BCUT2D eigenvalue weighted by Gasteiger charge is -2.10. The standard InChI is InChI=1S/C8H10Cl2NO2P/c1-13-14(11,12)7-4-2-6(3-5-7)8(9)10/h2-5,8H,1H3,(H2,11,12). The summed E-state index contributed by atoms with van der Waals surface area (Å²) in [7, 11) is -1.86. The first-order valence-corrected chi connectivity index (χ1v) is 6.37. The van der Waals surface area contributed by atoms with Crippen molar-refractivity contribution < 1.29 is 9.09 Å². The van der Waals surface area contributed by atoms with Gasteiger partial charge < -0.3 is 4.52 Å². The lowest BCUT2D eigenvalue weighted by molar-refractivity contribution is 0.404. The Morgan fingerprint density at radius 1 is 1.36 bits per heavy atom. The minimum absolute atomic E-state index is 0.442. The average molecular weight is 254 g/mol. The molecule has 0 saturated heterocycles. The predicted molar refractivity (Wildman–Crippen MR) is 59.3 cm³/mol. The summed E-state index contributed by atoms with van der Waals surface area (Å²) in [5.74, 6) is 0. The maximum atomic E-state index is 11.6. The Bertz CT molecular complexity index is 353. The number of halogens is 2. The van der Waals surface area contributed by atoms with Crippen LogP contribution in [0.4, 0.5) is 0 Å². The first kappa shape index (κ1) is 12.0. The predicted octanol–water partition coefficient (Wildman–Crippen LogP) is 2.59. The summed E-state index contributed by atoms with van der Waals surface area (Å²) in [5.41, 5.74) is 6.16. The Labute approximate surface area is 92.7 Å². The Balaban J connectivity index is 3.00. The van der Waals surface area contributed by atoms with Crippen LogP contribution in [-0.2, 0) is 9.09 Å². The molecular formula is C8H10Cl2NO2P. The van der Waals surface area contributed by atoms with Gasteiger partial charge >= 0.3 is 0 Å². The average Bonchev–Trinajstić information content (AvgIpc) is 2.18. The van der Waals surface area contributed by atoms with Crippen molar-refractivity contribution in [1.29, 1.82) is 0 Å². The molecule has 0 aliphatic carbocycles. The maximum Gasteiger partial charge on any atom is 0.296 e. The number of nitrogens with two attached hydrogens (primary N) is 1. The van der Waals surface area contributed by atoms with Crippen LogP contribution >= 0.6 is 30.7 Å². The van der Waals surface area contributed by atoms with E-state index < -0.39 is 12.4 Å². The molecule has 2 N–H and O–H groups in total. The summed E-state index contributed by atoms with van der Waals surface area (Å²) >= 11 is 11.3. The van der Waals surface area contributed by atoms with Crippen LogP contribution in [0, 0.1) is 0 Å². The zero-order valence-electron chi connectivity index (χ0n) is 7.48. The van der Waals surface area contributed by atoms with Crippen LogP contribution in [0.15, 0.2) is 24.3 Å². The molecule has 1 aromatic carbocycles. The summed E-state index contributed by atoms with van der Waals surface area (Å²) in [6, 6.07) is 6.52. The highest BCUT2D eigenvalue weighted by Crippen LogP contribution is 2.35. The van der Waals surface area contributed by atoms with Gasteiger partial charge in [0.05, 0.1) is 5.30 Å². The highest BCUT2D eigenvalue weighted by molar-refractivity contribution is 7.64. The second-order valence-corrected chi connectivity index (χ2v) is 5.84. The van der Waals surface area contributed by atoms with Gasteiger partial charge in [0.2, 0.25) is 0 Å². The van der Waals surface area contributed by atoms with Crippen LogP contribution in [-0.4, -0.2) is 7.11 Å². The Morgan fingerprint density at radius 3 is 2.21 bits per heavy atom. The Morgan fingerprint density at radius 2 is 1.86 bits per heavy atom. The van der Waals surface area contributed by atoms with Crippen LogP contribution in [0.1, 0.15) is 10.4 Å². The van der Waals surface area contributed by atoms with Gasteiger partial charge in [-0.15, -0.1) is 23.2 Å². The maximum absolute atomic E-state index is 11.6. The number of alkyl halides is 2. The fourth-order valence-electron chi connectivity index (χ4n) is 0.933. The third-order valence-electron chi connectivity index (χ3n) is 1.78. The first-order valence-electron chi connectivity index (χ1n) is 3.80. The van der Waals surface area contributed by atoms with Gasteiger partial charge in [0.15, 0.2) is 0 Å². The van der Waals surface area contributed by atoms with E-state index in [0.717, 1.165) is 5.56 Å². The van der Waals surface area contributed by atoms with Crippen molar-refractivity contribution in [1.82, 2.24) is 0 Å². The number of rotatable bonds is 3. The highest BCUT2D eigenvalue weighted by atomic mass is 35.5. The minimum atomic E-state index is -3.16. The smallest absolute Gasteiger partial charge is 0.296 e. The van der Waals surface area contributed by atoms with E-state index in [1.54, 1.807) is 24.3 Å². The molecule has 0 amide bonds. The third-order valence-corrected chi connectivity index (χ3v) is 3.84. The first-order chi connectivity index (χ1) is 6.47. The summed E-state index contributed by atoms with van der Waals surface area (Å²) in [6.07, 6.45) is 0. The monoisotopic (exact) mass is 253 g/mol. The molecule has 0 spiro atoms. The van der Waals surface area contributed by atoms with Crippen LogP contribution in [0.2, 0.25) is 0 Å². The molecule has 0 aliphatic heterocycles. The van der Waals surface area contributed by atoms with Gasteiger partial charge in [-0.05, 0) is 17.7 Å². The van der Waals surface area contributed by atoms with Crippen LogP contribution in [0.25, 0.3) is 0 Å². The summed E-state index contributed by atoms with van der Waals surface area (Å²) < 4.78 is 16.2. The fraction of sp³-hybridized carbons (Fsp3) is 0.250. The van der Waals surface area contributed by atoms with Gasteiger partial charge in [-0.1, -0.05) is 12.1 Å². The van der Waals surface area contributed by atoms with Gasteiger partial charge in [0, 0.05) is 7.11 Å². The molecule has 1 unspecified atom stereocenters. The molecule has 1 atom stereocenters. The third kappa shape index (κ3) is 2.72. The van der Waals surface area contributed by atoms with Crippen LogP contribution < -0.4 is 10.8 Å². The number of benzene rings is 1. The number of hydrogen-bond acceptors (Lipinski definition) is 2. The molecule has 0 aliphatic rings. The van der Waals surface area contributed by atoms with Crippen molar-refractivity contribution in [2.75, 3.05) is 7.11 Å². The van der Waals surface area contributed by atoms with Gasteiger partial charge in [-0.3, -0.25) is 10.1 Å². The lowest BCUT2D eigenvalue weighted by Crippen LogP contribution is -2.12. The summed E-state index contributed by atoms with van der Waals surface area (Å²) in [6.45, 7) is 0. The molecule has 1 rings (SSSR count). The second kappa shape index (κ2) is 4.65. The van der Waals surface area contributed by atoms with Crippen molar-refractivity contribution in [3.8, 4) is 0 Å². The van der Waals surface area contributed by atoms with E-state index in [0.29, 0.717) is 5.30 Å². The zero-order valence-corrected chi connectivity index (χ0v) is 9.89. The van der Waals surface area contributed by atoms with Gasteiger partial charge in [-0.25, -0.2) is 0 Å². The minimum Gasteiger partial charge on any atom is -0.318 e. The molecule has 14 heavy (non-hydrogen) atoms. The summed E-state index contributed by atoms with van der Waals surface area (Å²) in [4.78, 5) is -0.594. The van der Waals surface area contributed by atoms with Gasteiger partial charge in [0.25, 0.3) is 7.52 Å². The molecule has 1 aromatic rings. The molecule has 0 aromatic heterocycles. The Hall–Kier alpha value is -0.0500. The van der Waals surface area contributed by atoms with E-state index >= 15 is 0 Å². The van der Waals surface area contributed by atoms with Gasteiger partial charge in [0.1, 0.15) is 4.84 Å². The molecule has 78 valence electrons. The Kier molecular flexibility index (Phi) is 3.99. The molecule has 6 heteroatoms. The molecule has 0 bridgehead atoms. The van der Waals surface area contributed by atoms with E-state index in [-0.39, 0.29) is 0 Å². The summed E-state index contributed by atoms with van der Waals surface area (Å²) in [5, 5.41) is 0.442. The van der Waals surface area contributed by atoms with E-state index in [2.05, 4.69) is 0 Å². The van der Waals surface area contributed by atoms with Crippen molar-refractivity contribution in [3.05, 3.63) is 29.8 Å². The molecule has 0 radical (unpaired) electrons. The fourth-order valence-corrected chi connectivity index (χ4v) is 2.00. The largest absolute Gasteiger partial charge is 0.318 e.